The molecule has 5 nitrogen and oxygen atoms in total. The number of nitrogens with one attached hydrogen (secondary N) is 1. The van der Waals surface area contributed by atoms with Crippen LogP contribution in [-0.4, -0.2) is 29.2 Å². The Morgan fingerprint density at radius 3 is 2.64 bits per heavy atom. The molecule has 1 fully saturated rings. The number of aromatic nitrogens is 1. The summed E-state index contributed by atoms with van der Waals surface area (Å²) in [5, 5.41) is 3.80. The van der Waals surface area contributed by atoms with E-state index in [9.17, 15) is 9.59 Å². The Kier molecular flexibility index (Phi) is 5.32. The van der Waals surface area contributed by atoms with Gasteiger partial charge in [-0.1, -0.05) is 35.1 Å². The number of rotatable bonds is 5. The first kappa shape index (κ1) is 18.2. The van der Waals surface area contributed by atoms with Crippen molar-refractivity contribution in [2.24, 2.45) is 0 Å². The van der Waals surface area contributed by atoms with E-state index in [0.29, 0.717) is 24.7 Å². The fourth-order valence-corrected chi connectivity index (χ4v) is 4.09. The molecule has 1 atom stereocenters. The van der Waals surface area contributed by atoms with Crippen LogP contribution >= 0.6 is 22.9 Å². The molecule has 0 radical (unpaired) electrons. The molecule has 1 amide bonds. The second-order valence-corrected chi connectivity index (χ2v) is 8.13. The predicted octanol–water partition coefficient (Wildman–Crippen LogP) is 2.70. The zero-order valence-corrected chi connectivity index (χ0v) is 15.9. The normalized spacial score (nSPS) is 20.0. The lowest BCUT2D eigenvalue weighted by atomic mass is 9.90. The van der Waals surface area contributed by atoms with Crippen LogP contribution in [0, 0.1) is 13.8 Å². The smallest absolute Gasteiger partial charge is 0.308 e. The Bertz CT molecular complexity index is 820. The van der Waals surface area contributed by atoms with E-state index in [2.05, 4.69) is 5.32 Å². The molecule has 1 aliphatic rings. The highest BCUT2D eigenvalue weighted by Crippen LogP contribution is 2.25. The van der Waals surface area contributed by atoms with Crippen LogP contribution in [0.25, 0.3) is 0 Å². The van der Waals surface area contributed by atoms with Crippen molar-refractivity contribution in [2.75, 3.05) is 13.2 Å². The first-order valence-corrected chi connectivity index (χ1v) is 9.38. The summed E-state index contributed by atoms with van der Waals surface area (Å²) in [6.07, 6.45) is 1.42. The van der Waals surface area contributed by atoms with Gasteiger partial charge < -0.3 is 10.1 Å². The second kappa shape index (κ2) is 7.32. The van der Waals surface area contributed by atoms with Gasteiger partial charge in [0.25, 0.3) is 0 Å². The summed E-state index contributed by atoms with van der Waals surface area (Å²) in [5.41, 5.74) is 1.50. The zero-order valence-electron chi connectivity index (χ0n) is 14.3. The third-order valence-electron chi connectivity index (χ3n) is 4.64. The number of hydrogen-bond donors (Lipinski definition) is 1. The summed E-state index contributed by atoms with van der Waals surface area (Å²) in [5.74, 6) is -0.164. The Balaban J connectivity index is 1.74. The lowest BCUT2D eigenvalue weighted by molar-refractivity contribution is -0.123. The lowest BCUT2D eigenvalue weighted by Crippen LogP contribution is -2.52. The second-order valence-electron chi connectivity index (χ2n) is 6.53. The molecular formula is C18H21ClN2O3S. The molecule has 2 aromatic rings. The summed E-state index contributed by atoms with van der Waals surface area (Å²) in [4.78, 5) is 25.4. The van der Waals surface area contributed by atoms with Gasteiger partial charge in [0.2, 0.25) is 5.91 Å². The zero-order chi connectivity index (χ0) is 18.0. The molecule has 1 aromatic carbocycles. The summed E-state index contributed by atoms with van der Waals surface area (Å²) in [6.45, 7) is 4.88. The predicted molar refractivity (Wildman–Crippen MR) is 99.5 cm³/mol. The SMILES string of the molecule is Cc1sc(=O)n(CC(=O)NC2(Cc3ccc(Cl)cc3)CCOC2)c1C. The van der Waals surface area contributed by atoms with Crippen molar-refractivity contribution in [3.63, 3.8) is 0 Å². The quantitative estimate of drug-likeness (QED) is 0.867. The number of thiazole rings is 1. The van der Waals surface area contributed by atoms with Crippen LogP contribution in [0.2, 0.25) is 5.02 Å². The molecular weight excluding hydrogens is 360 g/mol. The van der Waals surface area contributed by atoms with Gasteiger partial charge in [0.05, 0.1) is 12.1 Å². The first-order chi connectivity index (χ1) is 11.9. The maximum atomic E-state index is 12.6. The van der Waals surface area contributed by atoms with Crippen LogP contribution in [0.5, 0.6) is 0 Å². The van der Waals surface area contributed by atoms with Gasteiger partial charge in [0.1, 0.15) is 6.54 Å². The molecule has 1 N–H and O–H groups in total. The minimum atomic E-state index is -0.437. The summed E-state index contributed by atoms with van der Waals surface area (Å²) in [6, 6.07) is 7.62. The topological polar surface area (TPSA) is 60.3 Å². The maximum absolute atomic E-state index is 12.6. The van der Waals surface area contributed by atoms with E-state index in [0.717, 1.165) is 22.6 Å². The molecule has 1 aromatic heterocycles. The minimum Gasteiger partial charge on any atom is -0.379 e. The third kappa shape index (κ3) is 4.14. The Hall–Kier alpha value is -1.63. The average molecular weight is 381 g/mol. The first-order valence-electron chi connectivity index (χ1n) is 8.19. The van der Waals surface area contributed by atoms with Crippen LogP contribution in [0.4, 0.5) is 0 Å². The van der Waals surface area contributed by atoms with E-state index < -0.39 is 5.54 Å². The van der Waals surface area contributed by atoms with Gasteiger partial charge in [-0.05, 0) is 44.4 Å². The molecule has 2 heterocycles. The molecule has 25 heavy (non-hydrogen) atoms. The van der Waals surface area contributed by atoms with Gasteiger partial charge in [-0.2, -0.15) is 0 Å². The van der Waals surface area contributed by atoms with Crippen molar-refractivity contribution in [2.45, 2.75) is 38.8 Å². The molecule has 1 unspecified atom stereocenters. The summed E-state index contributed by atoms with van der Waals surface area (Å²) >= 11 is 7.12. The van der Waals surface area contributed by atoms with E-state index in [1.54, 1.807) is 0 Å². The van der Waals surface area contributed by atoms with Crippen LogP contribution in [0.15, 0.2) is 29.1 Å². The number of carbonyl (C=O) groups is 1. The molecule has 0 bridgehead atoms. The van der Waals surface area contributed by atoms with Gasteiger partial charge in [-0.25, -0.2) is 0 Å². The van der Waals surface area contributed by atoms with E-state index in [1.165, 1.54) is 15.9 Å². The van der Waals surface area contributed by atoms with E-state index in [-0.39, 0.29) is 17.3 Å². The summed E-state index contributed by atoms with van der Waals surface area (Å²) < 4.78 is 7.08. The van der Waals surface area contributed by atoms with E-state index in [1.807, 2.05) is 38.1 Å². The van der Waals surface area contributed by atoms with E-state index in [4.69, 9.17) is 16.3 Å². The van der Waals surface area contributed by atoms with Gasteiger partial charge in [0, 0.05) is 22.2 Å². The highest BCUT2D eigenvalue weighted by atomic mass is 35.5. The number of ether oxygens (including phenoxy) is 1. The highest BCUT2D eigenvalue weighted by Gasteiger charge is 2.36. The molecule has 0 aliphatic carbocycles. The van der Waals surface area contributed by atoms with Crippen LogP contribution < -0.4 is 10.2 Å². The van der Waals surface area contributed by atoms with Crippen molar-refractivity contribution >= 4 is 28.8 Å². The van der Waals surface area contributed by atoms with Crippen LogP contribution in [0.1, 0.15) is 22.6 Å². The average Bonchev–Trinajstić information content (AvgIpc) is 3.10. The molecule has 0 saturated carbocycles. The van der Waals surface area contributed by atoms with Crippen LogP contribution in [0.3, 0.4) is 0 Å². The number of hydrogen-bond acceptors (Lipinski definition) is 4. The number of nitrogens with zero attached hydrogens (tertiary/aromatic N) is 1. The van der Waals surface area contributed by atoms with Crippen molar-refractivity contribution in [1.82, 2.24) is 9.88 Å². The molecule has 1 saturated heterocycles. The Labute approximate surface area is 155 Å². The Morgan fingerprint density at radius 2 is 2.08 bits per heavy atom. The summed E-state index contributed by atoms with van der Waals surface area (Å²) in [7, 11) is 0. The number of amides is 1. The molecule has 134 valence electrons. The number of aryl methyl sites for hydroxylation is 1. The van der Waals surface area contributed by atoms with Crippen molar-refractivity contribution in [3.8, 4) is 0 Å². The lowest BCUT2D eigenvalue weighted by Gasteiger charge is -2.29. The maximum Gasteiger partial charge on any atom is 0.308 e. The van der Waals surface area contributed by atoms with E-state index >= 15 is 0 Å². The molecule has 3 rings (SSSR count). The largest absolute Gasteiger partial charge is 0.379 e. The Morgan fingerprint density at radius 1 is 1.36 bits per heavy atom. The third-order valence-corrected chi connectivity index (χ3v) is 5.89. The monoisotopic (exact) mass is 380 g/mol. The molecule has 7 heteroatoms. The number of benzene rings is 1. The number of carbonyl (C=O) groups excluding carboxylic acids is 1. The van der Waals surface area contributed by atoms with Crippen molar-refractivity contribution < 1.29 is 9.53 Å². The van der Waals surface area contributed by atoms with Crippen LogP contribution in [-0.2, 0) is 22.5 Å². The van der Waals surface area contributed by atoms with Gasteiger partial charge in [-0.3, -0.25) is 14.2 Å². The fourth-order valence-electron chi connectivity index (χ4n) is 3.13. The fraction of sp³-hybridized carbons (Fsp3) is 0.444. The highest BCUT2D eigenvalue weighted by molar-refractivity contribution is 7.09. The standard InChI is InChI=1S/C18H21ClN2O3S/c1-12-13(2)25-17(23)21(12)10-16(22)20-18(7-8-24-11-18)9-14-3-5-15(19)6-4-14/h3-6H,7-11H2,1-2H3,(H,20,22). The molecule has 0 spiro atoms. The molecule has 1 aliphatic heterocycles. The van der Waals surface area contributed by atoms with Gasteiger partial charge in [-0.15, -0.1) is 0 Å². The van der Waals surface area contributed by atoms with Gasteiger partial charge >= 0.3 is 4.87 Å². The minimum absolute atomic E-state index is 0.0391. The number of halogens is 1. The van der Waals surface area contributed by atoms with Gasteiger partial charge in [0.15, 0.2) is 0 Å². The van der Waals surface area contributed by atoms with Crippen molar-refractivity contribution in [1.29, 1.82) is 0 Å². The van der Waals surface area contributed by atoms with Crippen molar-refractivity contribution in [3.05, 3.63) is 55.1 Å².